The number of aliphatic hydroxyl groups excluding tert-OH is 4. The van der Waals surface area contributed by atoms with Crippen LogP contribution in [0.2, 0.25) is 0 Å². The van der Waals surface area contributed by atoms with Crippen LogP contribution in [0, 0.1) is 5.41 Å². The Morgan fingerprint density at radius 2 is 1.08 bits per heavy atom. The SMILES string of the molecule is O=C(O)CC(O)C(=O)OCC(CO)(CO)COC(=O)C(O)CC(=O)O. The largest absolute Gasteiger partial charge is 0.481 e. The third-order valence-corrected chi connectivity index (χ3v) is 2.99. The van der Waals surface area contributed by atoms with Gasteiger partial charge in [-0.3, -0.25) is 9.59 Å². The summed E-state index contributed by atoms with van der Waals surface area (Å²) in [6.45, 7) is -3.15. The van der Waals surface area contributed by atoms with E-state index in [9.17, 15) is 39.6 Å². The van der Waals surface area contributed by atoms with Gasteiger partial charge in [0.2, 0.25) is 0 Å². The van der Waals surface area contributed by atoms with Gasteiger partial charge in [-0.1, -0.05) is 0 Å². The van der Waals surface area contributed by atoms with E-state index < -0.39 is 80.8 Å². The Balaban J connectivity index is 4.68. The summed E-state index contributed by atoms with van der Waals surface area (Å²) in [5.41, 5.74) is -1.70. The van der Waals surface area contributed by atoms with Gasteiger partial charge in [-0.05, 0) is 0 Å². The van der Waals surface area contributed by atoms with E-state index in [1.54, 1.807) is 0 Å². The number of rotatable bonds is 12. The molecule has 0 rings (SSSR count). The van der Waals surface area contributed by atoms with Gasteiger partial charge in [-0.2, -0.15) is 0 Å². The van der Waals surface area contributed by atoms with Crippen molar-refractivity contribution in [3.63, 3.8) is 0 Å². The maximum atomic E-state index is 11.4. The molecular formula is C13H20O12. The predicted octanol–water partition coefficient (Wildman–Crippen LogP) is -3.28. The lowest BCUT2D eigenvalue weighted by Crippen LogP contribution is -2.43. The van der Waals surface area contributed by atoms with Gasteiger partial charge in [-0.25, -0.2) is 9.59 Å². The van der Waals surface area contributed by atoms with Crippen molar-refractivity contribution in [3.8, 4) is 0 Å². The molecule has 6 N–H and O–H groups in total. The van der Waals surface area contributed by atoms with Crippen LogP contribution in [0.25, 0.3) is 0 Å². The molecule has 0 bridgehead atoms. The zero-order valence-electron chi connectivity index (χ0n) is 13.0. The lowest BCUT2D eigenvalue weighted by Gasteiger charge is -2.29. The van der Waals surface area contributed by atoms with Crippen molar-refractivity contribution in [1.29, 1.82) is 0 Å². The first kappa shape index (κ1) is 22.7. The quantitative estimate of drug-likeness (QED) is 0.187. The van der Waals surface area contributed by atoms with Crippen molar-refractivity contribution in [2.75, 3.05) is 26.4 Å². The molecule has 0 aromatic heterocycles. The molecule has 2 unspecified atom stereocenters. The number of ether oxygens (including phenoxy) is 2. The number of hydrogen-bond acceptors (Lipinski definition) is 10. The Morgan fingerprint density at radius 3 is 1.32 bits per heavy atom. The van der Waals surface area contributed by atoms with Crippen LogP contribution in [-0.2, 0) is 28.7 Å². The van der Waals surface area contributed by atoms with Gasteiger partial charge in [0.05, 0.1) is 31.5 Å². The van der Waals surface area contributed by atoms with E-state index in [1.165, 1.54) is 0 Å². The Bertz CT molecular complexity index is 443. The molecule has 0 saturated carbocycles. The molecule has 0 heterocycles. The molecule has 0 amide bonds. The number of carbonyl (C=O) groups excluding carboxylic acids is 2. The van der Waals surface area contributed by atoms with Gasteiger partial charge in [0.15, 0.2) is 12.2 Å². The second-order valence-electron chi connectivity index (χ2n) is 5.26. The average Bonchev–Trinajstić information content (AvgIpc) is 2.53. The van der Waals surface area contributed by atoms with Crippen molar-refractivity contribution in [3.05, 3.63) is 0 Å². The second-order valence-corrected chi connectivity index (χ2v) is 5.26. The Morgan fingerprint density at radius 1 is 0.760 bits per heavy atom. The Hall–Kier alpha value is -2.28. The lowest BCUT2D eigenvalue weighted by atomic mass is 9.92. The fourth-order valence-corrected chi connectivity index (χ4v) is 1.41. The van der Waals surface area contributed by atoms with Crippen molar-refractivity contribution in [2.24, 2.45) is 5.41 Å². The fraction of sp³-hybridized carbons (Fsp3) is 0.692. The third kappa shape index (κ3) is 8.39. The van der Waals surface area contributed by atoms with Crippen molar-refractivity contribution in [2.45, 2.75) is 25.0 Å². The van der Waals surface area contributed by atoms with E-state index in [0.717, 1.165) is 0 Å². The molecule has 144 valence electrons. The lowest BCUT2D eigenvalue weighted by molar-refractivity contribution is -0.172. The van der Waals surface area contributed by atoms with Gasteiger partial charge < -0.3 is 40.1 Å². The summed E-state index contributed by atoms with van der Waals surface area (Å²) in [6.07, 6.45) is -5.76. The molecule has 0 aromatic carbocycles. The summed E-state index contributed by atoms with van der Waals surface area (Å²) < 4.78 is 9.18. The molecule has 0 fully saturated rings. The van der Waals surface area contributed by atoms with Gasteiger partial charge in [-0.15, -0.1) is 0 Å². The number of carbonyl (C=O) groups is 4. The van der Waals surface area contributed by atoms with Crippen LogP contribution < -0.4 is 0 Å². The monoisotopic (exact) mass is 368 g/mol. The van der Waals surface area contributed by atoms with E-state index in [-0.39, 0.29) is 0 Å². The van der Waals surface area contributed by atoms with E-state index >= 15 is 0 Å². The average molecular weight is 368 g/mol. The summed E-state index contributed by atoms with van der Waals surface area (Å²) in [7, 11) is 0. The molecular weight excluding hydrogens is 348 g/mol. The maximum Gasteiger partial charge on any atom is 0.335 e. The number of esters is 2. The van der Waals surface area contributed by atoms with Gasteiger partial charge in [0.1, 0.15) is 13.2 Å². The highest BCUT2D eigenvalue weighted by molar-refractivity contribution is 5.81. The minimum atomic E-state index is -1.97. The molecule has 12 heteroatoms. The Labute approximate surface area is 141 Å². The molecule has 0 aliphatic heterocycles. The fourth-order valence-electron chi connectivity index (χ4n) is 1.41. The number of carboxylic acids is 2. The highest BCUT2D eigenvalue weighted by Gasteiger charge is 2.35. The van der Waals surface area contributed by atoms with Crippen molar-refractivity contribution < 1.29 is 59.3 Å². The number of aliphatic hydroxyl groups is 4. The highest BCUT2D eigenvalue weighted by atomic mass is 16.6. The van der Waals surface area contributed by atoms with Crippen LogP contribution in [0.15, 0.2) is 0 Å². The number of hydrogen-bond donors (Lipinski definition) is 6. The van der Waals surface area contributed by atoms with E-state index in [1.807, 2.05) is 0 Å². The first-order chi connectivity index (χ1) is 11.6. The normalized spacial score (nSPS) is 13.6. The van der Waals surface area contributed by atoms with Gasteiger partial charge in [0.25, 0.3) is 0 Å². The summed E-state index contributed by atoms with van der Waals surface area (Å²) in [5, 5.41) is 54.0. The standard InChI is InChI=1S/C13H20O12/c14-3-13(4-15,5-24-11(22)7(16)1-9(18)19)6-25-12(23)8(17)2-10(20)21/h7-8,14-17H,1-6H2,(H,18,19)(H,20,21). The first-order valence-electron chi connectivity index (χ1n) is 6.91. The van der Waals surface area contributed by atoms with E-state index in [0.29, 0.717) is 0 Å². The second kappa shape index (κ2) is 10.6. The molecule has 0 radical (unpaired) electrons. The molecule has 0 spiro atoms. The maximum absolute atomic E-state index is 11.4. The molecule has 0 aromatic rings. The minimum absolute atomic E-state index is 0.738. The molecule has 0 saturated heterocycles. The van der Waals surface area contributed by atoms with Crippen LogP contribution in [0.1, 0.15) is 12.8 Å². The van der Waals surface area contributed by atoms with Crippen LogP contribution in [0.5, 0.6) is 0 Å². The minimum Gasteiger partial charge on any atom is -0.481 e. The van der Waals surface area contributed by atoms with E-state index in [2.05, 4.69) is 9.47 Å². The highest BCUT2D eigenvalue weighted by Crippen LogP contribution is 2.18. The molecule has 0 aliphatic rings. The molecule has 25 heavy (non-hydrogen) atoms. The number of carboxylic acid groups (broad SMARTS) is 2. The zero-order valence-corrected chi connectivity index (χ0v) is 13.0. The summed E-state index contributed by atoms with van der Waals surface area (Å²) in [5.74, 6) is -5.57. The third-order valence-electron chi connectivity index (χ3n) is 2.99. The zero-order chi connectivity index (χ0) is 19.6. The summed E-state index contributed by atoms with van der Waals surface area (Å²) in [6, 6.07) is 0. The van der Waals surface area contributed by atoms with Crippen molar-refractivity contribution >= 4 is 23.9 Å². The van der Waals surface area contributed by atoms with Crippen LogP contribution in [-0.4, -0.2) is 93.2 Å². The topological polar surface area (TPSA) is 208 Å². The Kier molecular flexibility index (Phi) is 9.59. The van der Waals surface area contributed by atoms with Gasteiger partial charge >= 0.3 is 23.9 Å². The number of aliphatic carboxylic acids is 2. The van der Waals surface area contributed by atoms with E-state index in [4.69, 9.17) is 10.2 Å². The first-order valence-corrected chi connectivity index (χ1v) is 6.91. The molecule has 12 nitrogen and oxygen atoms in total. The summed E-state index contributed by atoms with van der Waals surface area (Å²) >= 11 is 0. The molecule has 0 aliphatic carbocycles. The van der Waals surface area contributed by atoms with Crippen molar-refractivity contribution in [1.82, 2.24) is 0 Å². The molecule has 2 atom stereocenters. The van der Waals surface area contributed by atoms with Crippen LogP contribution in [0.4, 0.5) is 0 Å². The van der Waals surface area contributed by atoms with Gasteiger partial charge in [0, 0.05) is 0 Å². The summed E-state index contributed by atoms with van der Waals surface area (Å²) in [4.78, 5) is 43.6. The van der Waals surface area contributed by atoms with Crippen LogP contribution in [0.3, 0.4) is 0 Å². The smallest absolute Gasteiger partial charge is 0.335 e. The predicted molar refractivity (Wildman–Crippen MR) is 75.0 cm³/mol. The van der Waals surface area contributed by atoms with Crippen LogP contribution >= 0.6 is 0 Å².